The van der Waals surface area contributed by atoms with Crippen LogP contribution in [0.2, 0.25) is 0 Å². The van der Waals surface area contributed by atoms with Crippen molar-refractivity contribution in [3.63, 3.8) is 0 Å². The van der Waals surface area contributed by atoms with Crippen LogP contribution in [-0.4, -0.2) is 30.2 Å². The van der Waals surface area contributed by atoms with Gasteiger partial charge in [0.15, 0.2) is 5.79 Å². The summed E-state index contributed by atoms with van der Waals surface area (Å²) in [5.74, 6) is -4.08. The van der Waals surface area contributed by atoms with Gasteiger partial charge in [0.1, 0.15) is 17.2 Å². The summed E-state index contributed by atoms with van der Waals surface area (Å²) in [7, 11) is -4.96. The summed E-state index contributed by atoms with van der Waals surface area (Å²) in [5, 5.41) is 40.2. The summed E-state index contributed by atoms with van der Waals surface area (Å²) >= 11 is 0. The Labute approximate surface area is 143 Å². The molecule has 0 saturated carbocycles. The van der Waals surface area contributed by atoms with Crippen LogP contribution in [0.15, 0.2) is 42.5 Å². The second kappa shape index (κ2) is 7.03. The molecule has 0 aliphatic carbocycles. The Morgan fingerprint density at radius 1 is 1.08 bits per heavy atom. The number of hydrogen-bond acceptors (Lipinski definition) is 6. The lowest BCUT2D eigenvalue weighted by Crippen LogP contribution is -2.28. The van der Waals surface area contributed by atoms with Crippen LogP contribution in [0.25, 0.3) is 0 Å². The van der Waals surface area contributed by atoms with E-state index in [0.29, 0.717) is 5.56 Å². The van der Waals surface area contributed by atoms with E-state index in [1.54, 1.807) is 19.1 Å². The Morgan fingerprint density at radius 2 is 1.68 bits per heavy atom. The number of phenolic OH excluding ortho intramolecular Hbond substituents is 2. The quantitative estimate of drug-likeness (QED) is 0.334. The van der Waals surface area contributed by atoms with Gasteiger partial charge in [-0.2, -0.15) is 0 Å². The van der Waals surface area contributed by atoms with E-state index in [1.807, 2.05) is 0 Å². The van der Waals surface area contributed by atoms with Crippen molar-refractivity contribution >= 4 is 7.82 Å². The van der Waals surface area contributed by atoms with Gasteiger partial charge in [-0.05, 0) is 35.7 Å². The molecular formula is C16H19O8P. The van der Waals surface area contributed by atoms with Crippen LogP contribution in [0.5, 0.6) is 17.2 Å². The van der Waals surface area contributed by atoms with Gasteiger partial charge in [-0.25, -0.2) is 4.57 Å². The molecule has 8 nitrogen and oxygen atoms in total. The molecule has 0 fully saturated rings. The van der Waals surface area contributed by atoms with Crippen molar-refractivity contribution in [2.45, 2.75) is 25.0 Å². The fourth-order valence-electron chi connectivity index (χ4n) is 2.58. The fraction of sp³-hybridized carbons (Fsp3) is 0.250. The second-order valence-electron chi connectivity index (χ2n) is 5.75. The van der Waals surface area contributed by atoms with Crippen LogP contribution in [-0.2, 0) is 10.4 Å². The third kappa shape index (κ3) is 4.94. The maximum Gasteiger partial charge on any atom is 0.524 e. The Morgan fingerprint density at radius 3 is 2.24 bits per heavy atom. The lowest BCUT2D eigenvalue weighted by atomic mass is 9.89. The van der Waals surface area contributed by atoms with Gasteiger partial charge >= 0.3 is 7.82 Å². The number of aromatic hydroxyl groups is 2. The standard InChI is InChI=1S/C16H19O8P/c1-10(11-5-7-12(17)8-6-11)9-16(19,20)15-13(18)3-2-4-14(15)24-25(21,22)23/h2-8,10,17-20H,9H2,1H3,(H2,21,22,23). The average molecular weight is 370 g/mol. The first kappa shape index (κ1) is 19.2. The lowest BCUT2D eigenvalue weighted by Gasteiger charge is -2.28. The minimum atomic E-state index is -4.96. The SMILES string of the molecule is CC(CC(O)(O)c1c(O)cccc1OP(=O)(O)O)c1ccc(O)cc1. The van der Waals surface area contributed by atoms with E-state index in [-0.39, 0.29) is 12.2 Å². The highest BCUT2D eigenvalue weighted by Gasteiger charge is 2.36. The van der Waals surface area contributed by atoms with Gasteiger partial charge in [-0.1, -0.05) is 25.1 Å². The highest BCUT2D eigenvalue weighted by atomic mass is 31.2. The minimum absolute atomic E-state index is 0.0632. The zero-order chi connectivity index (χ0) is 18.8. The minimum Gasteiger partial charge on any atom is -0.508 e. The second-order valence-corrected chi connectivity index (χ2v) is 6.91. The maximum absolute atomic E-state index is 11.1. The summed E-state index contributed by atoms with van der Waals surface area (Å²) in [6.45, 7) is 1.69. The molecule has 1 unspecified atom stereocenters. The topological polar surface area (TPSA) is 148 Å². The Bertz CT molecular complexity index is 781. The van der Waals surface area contributed by atoms with Crippen molar-refractivity contribution in [3.8, 4) is 17.2 Å². The van der Waals surface area contributed by atoms with E-state index < -0.39 is 36.6 Å². The predicted octanol–water partition coefficient (Wildman–Crippen LogP) is 1.90. The van der Waals surface area contributed by atoms with Gasteiger partial charge in [0.2, 0.25) is 0 Å². The van der Waals surface area contributed by atoms with Gasteiger partial charge in [0.25, 0.3) is 0 Å². The smallest absolute Gasteiger partial charge is 0.508 e. The molecule has 0 aliphatic heterocycles. The summed E-state index contributed by atoms with van der Waals surface area (Å²) in [6.07, 6.45) is -0.299. The van der Waals surface area contributed by atoms with Crippen molar-refractivity contribution in [1.29, 1.82) is 0 Å². The van der Waals surface area contributed by atoms with Gasteiger partial charge in [0, 0.05) is 6.42 Å². The fourth-order valence-corrected chi connectivity index (χ4v) is 2.98. The number of phosphoric ester groups is 1. The molecule has 2 aromatic rings. The van der Waals surface area contributed by atoms with Crippen LogP contribution >= 0.6 is 7.82 Å². The van der Waals surface area contributed by atoms with Gasteiger partial charge in [0.05, 0.1) is 5.56 Å². The molecule has 0 amide bonds. The van der Waals surface area contributed by atoms with E-state index in [4.69, 9.17) is 9.79 Å². The number of hydrogen-bond donors (Lipinski definition) is 6. The number of aliphatic hydroxyl groups is 2. The van der Waals surface area contributed by atoms with Crippen LogP contribution in [0.3, 0.4) is 0 Å². The first-order chi connectivity index (χ1) is 11.5. The van der Waals surface area contributed by atoms with Crippen LogP contribution in [0.1, 0.15) is 30.4 Å². The molecule has 0 radical (unpaired) electrons. The molecule has 0 aliphatic rings. The van der Waals surface area contributed by atoms with Gasteiger partial charge in [-0.15, -0.1) is 0 Å². The Hall–Kier alpha value is -2.09. The molecule has 9 heteroatoms. The van der Waals surface area contributed by atoms with Crippen molar-refractivity contribution < 1.29 is 39.3 Å². The molecule has 2 rings (SSSR count). The molecule has 0 heterocycles. The Kier molecular flexibility index (Phi) is 5.41. The summed E-state index contributed by atoms with van der Waals surface area (Å²) in [5.41, 5.74) is 0.155. The summed E-state index contributed by atoms with van der Waals surface area (Å²) in [6, 6.07) is 9.62. The van der Waals surface area contributed by atoms with E-state index >= 15 is 0 Å². The van der Waals surface area contributed by atoms with E-state index in [2.05, 4.69) is 4.52 Å². The highest BCUT2D eigenvalue weighted by Crippen LogP contribution is 2.46. The molecule has 0 spiro atoms. The number of phenols is 2. The monoisotopic (exact) mass is 370 g/mol. The van der Waals surface area contributed by atoms with Crippen LogP contribution in [0.4, 0.5) is 0 Å². The summed E-state index contributed by atoms with van der Waals surface area (Å²) < 4.78 is 15.5. The van der Waals surface area contributed by atoms with Crippen molar-refractivity contribution in [3.05, 3.63) is 53.6 Å². The van der Waals surface area contributed by atoms with Crippen LogP contribution in [0, 0.1) is 0 Å². The first-order valence-electron chi connectivity index (χ1n) is 7.31. The number of rotatable bonds is 6. The zero-order valence-corrected chi connectivity index (χ0v) is 14.2. The van der Waals surface area contributed by atoms with Crippen molar-refractivity contribution in [2.24, 2.45) is 0 Å². The van der Waals surface area contributed by atoms with Crippen molar-refractivity contribution in [1.82, 2.24) is 0 Å². The molecule has 25 heavy (non-hydrogen) atoms. The average Bonchev–Trinajstić information content (AvgIpc) is 2.45. The van der Waals surface area contributed by atoms with E-state index in [9.17, 15) is 25.0 Å². The lowest BCUT2D eigenvalue weighted by molar-refractivity contribution is -0.178. The van der Waals surface area contributed by atoms with E-state index in [1.165, 1.54) is 18.2 Å². The predicted molar refractivity (Wildman–Crippen MR) is 88.0 cm³/mol. The molecule has 6 N–H and O–H groups in total. The molecule has 2 aromatic carbocycles. The number of benzene rings is 2. The zero-order valence-electron chi connectivity index (χ0n) is 13.3. The largest absolute Gasteiger partial charge is 0.524 e. The van der Waals surface area contributed by atoms with Crippen LogP contribution < -0.4 is 4.52 Å². The van der Waals surface area contributed by atoms with Crippen molar-refractivity contribution in [2.75, 3.05) is 0 Å². The highest BCUT2D eigenvalue weighted by molar-refractivity contribution is 7.46. The molecular weight excluding hydrogens is 351 g/mol. The van der Waals surface area contributed by atoms with Gasteiger partial charge < -0.3 is 24.9 Å². The maximum atomic E-state index is 11.1. The number of phosphoric acid groups is 1. The third-order valence-corrected chi connectivity index (χ3v) is 4.11. The molecule has 0 bridgehead atoms. The first-order valence-corrected chi connectivity index (χ1v) is 8.84. The molecule has 0 aromatic heterocycles. The molecule has 1 atom stereocenters. The summed E-state index contributed by atoms with van der Waals surface area (Å²) in [4.78, 5) is 17.9. The molecule has 0 saturated heterocycles. The van der Waals surface area contributed by atoms with Gasteiger partial charge in [-0.3, -0.25) is 9.79 Å². The van der Waals surface area contributed by atoms with E-state index in [0.717, 1.165) is 12.1 Å². The third-order valence-electron chi connectivity index (χ3n) is 3.67. The molecule has 136 valence electrons. The Balaban J connectivity index is 2.35. The normalized spacial score (nSPS) is 13.5.